The van der Waals surface area contributed by atoms with Gasteiger partial charge in [0.25, 0.3) is 5.97 Å². The lowest BCUT2D eigenvalue weighted by atomic mass is 9.77. The van der Waals surface area contributed by atoms with Gasteiger partial charge in [0.2, 0.25) is 0 Å². The molecule has 4 rings (SSSR count). The summed E-state index contributed by atoms with van der Waals surface area (Å²) >= 11 is 0. The highest BCUT2D eigenvalue weighted by atomic mass is 16.9. The second-order valence-corrected chi connectivity index (χ2v) is 5.00. The summed E-state index contributed by atoms with van der Waals surface area (Å²) in [5.74, 6) is -0.973. The largest absolute Gasteiger partial charge is 0.388 e. The molecule has 0 radical (unpaired) electrons. The number of hydrogen-bond donors (Lipinski definition) is 1. The van der Waals surface area contributed by atoms with Gasteiger partial charge in [-0.3, -0.25) is 0 Å². The molecule has 3 aliphatic heterocycles. The van der Waals surface area contributed by atoms with Crippen molar-refractivity contribution in [2.24, 2.45) is 5.92 Å². The van der Waals surface area contributed by atoms with Gasteiger partial charge in [0.1, 0.15) is 25.1 Å². The van der Waals surface area contributed by atoms with Gasteiger partial charge in [-0.1, -0.05) is 6.92 Å². The lowest BCUT2D eigenvalue weighted by Crippen LogP contribution is -2.76. The number of methoxy groups -OCH3 is 1. The summed E-state index contributed by atoms with van der Waals surface area (Å²) in [4.78, 5) is 0. The molecule has 0 aromatic carbocycles. The summed E-state index contributed by atoms with van der Waals surface area (Å²) in [7, 11) is 1.56. The smallest absolute Gasteiger partial charge is 0.281 e. The fourth-order valence-corrected chi connectivity index (χ4v) is 3.01. The van der Waals surface area contributed by atoms with Crippen LogP contribution in [0.15, 0.2) is 0 Å². The monoisotopic (exact) mass is 246 g/mol. The molecule has 3 heterocycles. The van der Waals surface area contributed by atoms with Crippen LogP contribution >= 0.6 is 0 Å². The molecule has 3 saturated heterocycles. The maximum Gasteiger partial charge on any atom is 0.281 e. The van der Waals surface area contributed by atoms with Gasteiger partial charge in [-0.2, -0.15) is 0 Å². The third kappa shape index (κ3) is 1.63. The summed E-state index contributed by atoms with van der Waals surface area (Å²) < 4.78 is 27.4. The van der Waals surface area contributed by atoms with Crippen molar-refractivity contribution < 1.29 is 28.8 Å². The van der Waals surface area contributed by atoms with Crippen molar-refractivity contribution in [3.05, 3.63) is 0 Å². The Kier molecular flexibility index (Phi) is 2.70. The molecule has 0 amide bonds. The third-order valence-corrected chi connectivity index (χ3v) is 3.79. The van der Waals surface area contributed by atoms with E-state index in [0.29, 0.717) is 0 Å². The highest BCUT2D eigenvalue weighted by Crippen LogP contribution is 2.48. The number of aliphatic hydroxyl groups excluding tert-OH is 1. The van der Waals surface area contributed by atoms with Crippen LogP contribution in [0, 0.1) is 5.92 Å². The predicted molar refractivity (Wildman–Crippen MR) is 54.9 cm³/mol. The van der Waals surface area contributed by atoms with Gasteiger partial charge in [0, 0.05) is 20.0 Å². The van der Waals surface area contributed by atoms with Crippen LogP contribution in [0.4, 0.5) is 0 Å². The molecule has 7 atom stereocenters. The zero-order valence-corrected chi connectivity index (χ0v) is 10.2. The highest BCUT2D eigenvalue weighted by Gasteiger charge is 2.64. The molecule has 17 heavy (non-hydrogen) atoms. The molecule has 4 unspecified atom stereocenters. The fraction of sp³-hybridized carbons (Fsp3) is 1.00. The fourth-order valence-electron chi connectivity index (χ4n) is 3.01. The molecule has 1 saturated carbocycles. The Morgan fingerprint density at radius 2 is 1.82 bits per heavy atom. The summed E-state index contributed by atoms with van der Waals surface area (Å²) in [6.07, 6.45) is -1.78. The molecular formula is C11H18O6. The predicted octanol–water partition coefficient (Wildman–Crippen LogP) is -0.157. The first-order valence-corrected chi connectivity index (χ1v) is 5.88. The average Bonchev–Trinajstić information content (AvgIpc) is 2.29. The van der Waals surface area contributed by atoms with Gasteiger partial charge in [-0.05, 0) is 0 Å². The molecule has 0 aromatic heterocycles. The van der Waals surface area contributed by atoms with E-state index in [0.717, 1.165) is 0 Å². The van der Waals surface area contributed by atoms with Gasteiger partial charge in [-0.25, -0.2) is 0 Å². The first-order chi connectivity index (χ1) is 8.06. The van der Waals surface area contributed by atoms with Crippen molar-refractivity contribution in [2.45, 2.75) is 50.3 Å². The molecule has 1 aliphatic carbocycles. The number of aliphatic hydroxyl groups is 1. The van der Waals surface area contributed by atoms with E-state index in [9.17, 15) is 5.11 Å². The first kappa shape index (κ1) is 11.8. The Morgan fingerprint density at radius 3 is 2.53 bits per heavy atom. The lowest BCUT2D eigenvalue weighted by Gasteiger charge is -2.61. The van der Waals surface area contributed by atoms with Gasteiger partial charge < -0.3 is 28.8 Å². The minimum Gasteiger partial charge on any atom is -0.388 e. The van der Waals surface area contributed by atoms with Crippen molar-refractivity contribution in [3.8, 4) is 0 Å². The lowest BCUT2D eigenvalue weighted by molar-refractivity contribution is -0.530. The summed E-state index contributed by atoms with van der Waals surface area (Å²) in [6, 6.07) is 0. The molecule has 4 aliphatic rings. The van der Waals surface area contributed by atoms with Crippen molar-refractivity contribution >= 4 is 0 Å². The Morgan fingerprint density at radius 1 is 1.18 bits per heavy atom. The van der Waals surface area contributed by atoms with Crippen LogP contribution in [0.3, 0.4) is 0 Å². The van der Waals surface area contributed by atoms with E-state index in [1.54, 1.807) is 14.0 Å². The van der Waals surface area contributed by atoms with Crippen molar-refractivity contribution in [1.82, 2.24) is 0 Å². The topological polar surface area (TPSA) is 66.4 Å². The maximum atomic E-state index is 10.2. The maximum absolute atomic E-state index is 10.2. The molecule has 4 fully saturated rings. The van der Waals surface area contributed by atoms with E-state index in [-0.39, 0.29) is 31.0 Å². The standard InChI is InChI=1S/C11H18O6/c1-5-7-6(12)9-10(14-4-13-3)8(5)16-11(2,15-7)17-9/h5-10,12H,4H2,1-3H3/t5?,6-,7?,8+,9+,10?,11?/m0/s1. The number of hydrogen-bond acceptors (Lipinski definition) is 6. The number of rotatable bonds is 3. The van der Waals surface area contributed by atoms with Gasteiger partial charge in [-0.15, -0.1) is 0 Å². The molecular weight excluding hydrogens is 228 g/mol. The molecule has 98 valence electrons. The minimum atomic E-state index is -1.04. The molecule has 0 spiro atoms. The van der Waals surface area contributed by atoms with Crippen LogP contribution in [-0.4, -0.2) is 55.5 Å². The minimum absolute atomic E-state index is 0.0695. The van der Waals surface area contributed by atoms with Crippen molar-refractivity contribution in [3.63, 3.8) is 0 Å². The Balaban J connectivity index is 1.84. The van der Waals surface area contributed by atoms with E-state index < -0.39 is 18.2 Å². The average molecular weight is 246 g/mol. The Hall–Kier alpha value is -0.240. The van der Waals surface area contributed by atoms with E-state index in [4.69, 9.17) is 23.7 Å². The Labute approximate surface area is 99.7 Å². The zero-order valence-electron chi connectivity index (χ0n) is 10.2. The molecule has 1 N–H and O–H groups in total. The van der Waals surface area contributed by atoms with E-state index in [1.807, 2.05) is 6.92 Å². The zero-order chi connectivity index (χ0) is 12.2. The molecule has 6 heteroatoms. The quantitative estimate of drug-likeness (QED) is 0.698. The van der Waals surface area contributed by atoms with Crippen LogP contribution in [0.5, 0.6) is 0 Å². The third-order valence-electron chi connectivity index (χ3n) is 3.79. The number of ether oxygens (including phenoxy) is 5. The van der Waals surface area contributed by atoms with Crippen molar-refractivity contribution in [1.29, 1.82) is 0 Å². The van der Waals surface area contributed by atoms with Crippen LogP contribution in [0.25, 0.3) is 0 Å². The second-order valence-electron chi connectivity index (χ2n) is 5.00. The van der Waals surface area contributed by atoms with Gasteiger partial charge in [0.05, 0.1) is 12.2 Å². The van der Waals surface area contributed by atoms with E-state index in [2.05, 4.69) is 0 Å². The summed E-state index contributed by atoms with van der Waals surface area (Å²) in [5, 5.41) is 10.2. The van der Waals surface area contributed by atoms with Crippen LogP contribution < -0.4 is 0 Å². The normalized spacial score (nSPS) is 56.5. The Bertz CT molecular complexity index is 288. The summed E-state index contributed by atoms with van der Waals surface area (Å²) in [6.45, 7) is 3.87. The van der Waals surface area contributed by atoms with Gasteiger partial charge >= 0.3 is 0 Å². The highest BCUT2D eigenvalue weighted by molar-refractivity contribution is 5.06. The molecule has 4 bridgehead atoms. The van der Waals surface area contributed by atoms with E-state index in [1.165, 1.54) is 0 Å². The SMILES string of the molecule is COCOC1[C@@H]2OC3(C)OC(C2C)[C@H](O)[C@H]1O3. The molecule has 0 aromatic rings. The van der Waals surface area contributed by atoms with E-state index >= 15 is 0 Å². The van der Waals surface area contributed by atoms with Crippen LogP contribution in [0.2, 0.25) is 0 Å². The first-order valence-electron chi connectivity index (χ1n) is 5.88. The van der Waals surface area contributed by atoms with Crippen LogP contribution in [0.1, 0.15) is 13.8 Å². The summed E-state index contributed by atoms with van der Waals surface area (Å²) in [5.41, 5.74) is 0. The second kappa shape index (κ2) is 3.88. The van der Waals surface area contributed by atoms with Crippen LogP contribution in [-0.2, 0) is 23.7 Å². The molecule has 6 nitrogen and oxygen atoms in total. The van der Waals surface area contributed by atoms with Crippen molar-refractivity contribution in [2.75, 3.05) is 13.9 Å². The van der Waals surface area contributed by atoms with Gasteiger partial charge in [0.15, 0.2) is 0 Å².